The molecule has 0 saturated heterocycles. The van der Waals surface area contributed by atoms with E-state index in [2.05, 4.69) is 4.72 Å². The Morgan fingerprint density at radius 1 is 0.944 bits per heavy atom. The van der Waals surface area contributed by atoms with Crippen LogP contribution in [0.1, 0.15) is 0 Å². The molecule has 18 heavy (non-hydrogen) atoms. The SMILES string of the molecule is Nc1ccc(NS(=O)(=O)c2ccc(Cl)cc2)cc1. The third kappa shape index (κ3) is 2.94. The number of rotatable bonds is 3. The van der Waals surface area contributed by atoms with Crippen LogP contribution in [0.2, 0.25) is 5.02 Å². The van der Waals surface area contributed by atoms with Crippen molar-refractivity contribution in [3.63, 3.8) is 0 Å². The number of benzene rings is 2. The van der Waals surface area contributed by atoms with E-state index in [9.17, 15) is 8.42 Å². The number of halogens is 1. The van der Waals surface area contributed by atoms with Gasteiger partial charge in [-0.1, -0.05) is 11.6 Å². The van der Waals surface area contributed by atoms with Crippen molar-refractivity contribution in [1.29, 1.82) is 0 Å². The van der Waals surface area contributed by atoms with Crippen LogP contribution in [0, 0.1) is 0 Å². The fourth-order valence-electron chi connectivity index (χ4n) is 1.38. The first-order valence-corrected chi connectivity index (χ1v) is 6.97. The van der Waals surface area contributed by atoms with Gasteiger partial charge in [-0.05, 0) is 48.5 Å². The van der Waals surface area contributed by atoms with Gasteiger partial charge in [0.15, 0.2) is 0 Å². The maximum Gasteiger partial charge on any atom is 0.261 e. The summed E-state index contributed by atoms with van der Waals surface area (Å²) in [4.78, 5) is 0.156. The van der Waals surface area contributed by atoms with Crippen LogP contribution in [0.4, 0.5) is 11.4 Å². The molecule has 2 aromatic rings. The summed E-state index contributed by atoms with van der Waals surface area (Å²) in [5.41, 5.74) is 6.56. The molecule has 4 nitrogen and oxygen atoms in total. The molecule has 0 heterocycles. The first-order chi connectivity index (χ1) is 8.47. The topological polar surface area (TPSA) is 72.2 Å². The molecule has 0 bridgehead atoms. The lowest BCUT2D eigenvalue weighted by Crippen LogP contribution is -2.12. The summed E-state index contributed by atoms with van der Waals surface area (Å²) >= 11 is 5.71. The molecule has 0 unspecified atom stereocenters. The van der Waals surface area contributed by atoms with Crippen LogP contribution in [-0.4, -0.2) is 8.42 Å². The molecule has 0 saturated carbocycles. The lowest BCUT2D eigenvalue weighted by molar-refractivity contribution is 0.601. The average Bonchev–Trinajstić information content (AvgIpc) is 2.32. The molecule has 0 aliphatic rings. The van der Waals surface area contributed by atoms with Crippen LogP contribution >= 0.6 is 11.6 Å². The van der Waals surface area contributed by atoms with E-state index in [0.717, 1.165) is 0 Å². The molecule has 0 aliphatic heterocycles. The Labute approximate surface area is 110 Å². The molecule has 6 heteroatoms. The lowest BCUT2D eigenvalue weighted by Gasteiger charge is -2.08. The second-order valence-corrected chi connectivity index (χ2v) is 5.80. The van der Waals surface area contributed by atoms with Gasteiger partial charge in [0.1, 0.15) is 0 Å². The highest BCUT2D eigenvalue weighted by atomic mass is 35.5. The Bertz CT molecular complexity index is 637. The molecule has 2 aromatic carbocycles. The fourth-order valence-corrected chi connectivity index (χ4v) is 2.56. The zero-order chi connectivity index (χ0) is 13.2. The molecule has 3 N–H and O–H groups in total. The van der Waals surface area contributed by atoms with E-state index in [1.54, 1.807) is 24.3 Å². The summed E-state index contributed by atoms with van der Waals surface area (Å²) in [6, 6.07) is 12.4. The van der Waals surface area contributed by atoms with Crippen molar-refractivity contribution in [2.45, 2.75) is 4.90 Å². The molecular formula is C12H11ClN2O2S. The zero-order valence-corrected chi connectivity index (χ0v) is 10.9. The molecule has 0 amide bonds. The average molecular weight is 283 g/mol. The third-order valence-corrected chi connectivity index (χ3v) is 3.94. The number of hydrogen-bond donors (Lipinski definition) is 2. The van der Waals surface area contributed by atoms with Crippen molar-refractivity contribution >= 4 is 33.0 Å². The summed E-state index contributed by atoms with van der Waals surface area (Å²) in [7, 11) is -3.59. The predicted molar refractivity (Wildman–Crippen MR) is 73.1 cm³/mol. The van der Waals surface area contributed by atoms with Gasteiger partial charge >= 0.3 is 0 Å². The standard InChI is InChI=1S/C12H11ClN2O2S/c13-9-1-7-12(8-2-9)18(16,17)15-11-5-3-10(14)4-6-11/h1-8,15H,14H2. The molecule has 0 aliphatic carbocycles. The van der Waals surface area contributed by atoms with Crippen LogP contribution in [-0.2, 0) is 10.0 Å². The van der Waals surface area contributed by atoms with E-state index in [4.69, 9.17) is 17.3 Å². The van der Waals surface area contributed by atoms with Crippen molar-refractivity contribution in [1.82, 2.24) is 0 Å². The van der Waals surface area contributed by atoms with Gasteiger partial charge in [-0.15, -0.1) is 0 Å². The van der Waals surface area contributed by atoms with Crippen molar-refractivity contribution in [3.8, 4) is 0 Å². The molecule has 0 aromatic heterocycles. The molecule has 0 spiro atoms. The minimum absolute atomic E-state index is 0.156. The Kier molecular flexibility index (Phi) is 3.45. The van der Waals surface area contributed by atoms with Crippen molar-refractivity contribution < 1.29 is 8.42 Å². The van der Waals surface area contributed by atoms with Crippen molar-refractivity contribution in [2.24, 2.45) is 0 Å². The molecular weight excluding hydrogens is 272 g/mol. The van der Waals surface area contributed by atoms with Gasteiger partial charge in [0.25, 0.3) is 10.0 Å². The molecule has 0 radical (unpaired) electrons. The van der Waals surface area contributed by atoms with E-state index >= 15 is 0 Å². The minimum Gasteiger partial charge on any atom is -0.399 e. The first kappa shape index (κ1) is 12.7. The van der Waals surface area contributed by atoms with Gasteiger partial charge in [-0.25, -0.2) is 8.42 Å². The van der Waals surface area contributed by atoms with Crippen LogP contribution in [0.5, 0.6) is 0 Å². The van der Waals surface area contributed by atoms with Crippen molar-refractivity contribution in [3.05, 3.63) is 53.6 Å². The number of sulfonamides is 1. The highest BCUT2D eigenvalue weighted by Gasteiger charge is 2.13. The van der Waals surface area contributed by atoms with E-state index in [0.29, 0.717) is 16.4 Å². The highest BCUT2D eigenvalue weighted by Crippen LogP contribution is 2.18. The molecule has 0 fully saturated rings. The second kappa shape index (κ2) is 4.88. The zero-order valence-electron chi connectivity index (χ0n) is 9.30. The van der Waals surface area contributed by atoms with Gasteiger partial charge in [0, 0.05) is 16.4 Å². The summed E-state index contributed by atoms with van der Waals surface area (Å²) in [6.45, 7) is 0. The molecule has 2 rings (SSSR count). The van der Waals surface area contributed by atoms with Crippen LogP contribution in [0.25, 0.3) is 0 Å². The summed E-state index contributed by atoms with van der Waals surface area (Å²) in [5, 5.41) is 0.487. The third-order valence-electron chi connectivity index (χ3n) is 2.29. The van der Waals surface area contributed by atoms with E-state index in [1.807, 2.05) is 0 Å². The first-order valence-electron chi connectivity index (χ1n) is 5.11. The van der Waals surface area contributed by atoms with Gasteiger partial charge in [0.2, 0.25) is 0 Å². The summed E-state index contributed by atoms with van der Waals surface area (Å²) < 4.78 is 26.5. The largest absolute Gasteiger partial charge is 0.399 e. The maximum absolute atomic E-state index is 12.0. The normalized spacial score (nSPS) is 11.2. The smallest absolute Gasteiger partial charge is 0.261 e. The molecule has 94 valence electrons. The van der Waals surface area contributed by atoms with E-state index in [1.165, 1.54) is 24.3 Å². The number of nitrogen functional groups attached to an aromatic ring is 1. The highest BCUT2D eigenvalue weighted by molar-refractivity contribution is 7.92. The fraction of sp³-hybridized carbons (Fsp3) is 0. The predicted octanol–water partition coefficient (Wildman–Crippen LogP) is 2.72. The van der Waals surface area contributed by atoms with Crippen molar-refractivity contribution in [2.75, 3.05) is 10.5 Å². The second-order valence-electron chi connectivity index (χ2n) is 3.68. The summed E-state index contributed by atoms with van der Waals surface area (Å²) in [5.74, 6) is 0. The Morgan fingerprint density at radius 2 is 1.50 bits per heavy atom. The summed E-state index contributed by atoms with van der Waals surface area (Å²) in [6.07, 6.45) is 0. The van der Waals surface area contributed by atoms with Gasteiger partial charge in [0.05, 0.1) is 4.90 Å². The van der Waals surface area contributed by atoms with Gasteiger partial charge in [-0.3, -0.25) is 4.72 Å². The molecule has 0 atom stereocenters. The lowest BCUT2D eigenvalue weighted by atomic mass is 10.3. The van der Waals surface area contributed by atoms with Crippen LogP contribution < -0.4 is 10.5 Å². The quantitative estimate of drug-likeness (QED) is 0.850. The number of nitrogens with two attached hydrogens (primary N) is 1. The van der Waals surface area contributed by atoms with Gasteiger partial charge in [-0.2, -0.15) is 0 Å². The Morgan fingerprint density at radius 3 is 2.06 bits per heavy atom. The van der Waals surface area contributed by atoms with E-state index in [-0.39, 0.29) is 4.90 Å². The van der Waals surface area contributed by atoms with Crippen LogP contribution in [0.15, 0.2) is 53.4 Å². The van der Waals surface area contributed by atoms with Crippen LogP contribution in [0.3, 0.4) is 0 Å². The Balaban J connectivity index is 2.27. The number of anilines is 2. The van der Waals surface area contributed by atoms with Gasteiger partial charge < -0.3 is 5.73 Å². The minimum atomic E-state index is -3.59. The Hall–Kier alpha value is -1.72. The monoisotopic (exact) mass is 282 g/mol. The van der Waals surface area contributed by atoms with E-state index < -0.39 is 10.0 Å². The number of hydrogen-bond acceptors (Lipinski definition) is 3. The number of nitrogens with one attached hydrogen (secondary N) is 1. The maximum atomic E-state index is 12.0.